The van der Waals surface area contributed by atoms with E-state index in [1.165, 1.54) is 12.1 Å². The lowest BCUT2D eigenvalue weighted by atomic mass is 10.1. The summed E-state index contributed by atoms with van der Waals surface area (Å²) in [5, 5.41) is 22.8. The van der Waals surface area contributed by atoms with Crippen molar-refractivity contribution < 1.29 is 4.92 Å². The van der Waals surface area contributed by atoms with E-state index in [4.69, 9.17) is 5.26 Å². The lowest BCUT2D eigenvalue weighted by molar-refractivity contribution is -0.384. The molecule has 2 rings (SSSR count). The molecule has 2 aromatic carbocycles. The molecule has 0 saturated carbocycles. The largest absolute Gasteiger partial charge is 0.378 e. The number of non-ortho nitro benzene ring substituents is 1. The number of nitrogens with one attached hydrogen (secondary N) is 1. The highest BCUT2D eigenvalue weighted by molar-refractivity contribution is 5.52. The smallest absolute Gasteiger partial charge is 0.271 e. The summed E-state index contributed by atoms with van der Waals surface area (Å²) in [6.07, 6.45) is 0. The van der Waals surface area contributed by atoms with E-state index in [1.54, 1.807) is 24.3 Å². The van der Waals surface area contributed by atoms with Gasteiger partial charge in [-0.1, -0.05) is 18.2 Å². The minimum Gasteiger partial charge on any atom is -0.378 e. The zero-order valence-electron chi connectivity index (χ0n) is 10.9. The lowest BCUT2D eigenvalue weighted by Crippen LogP contribution is -2.07. The average molecular weight is 267 g/mol. The predicted octanol–water partition coefficient (Wildman–Crippen LogP) is 3.64. The van der Waals surface area contributed by atoms with Gasteiger partial charge in [0.15, 0.2) is 0 Å². The Labute approximate surface area is 116 Å². The quantitative estimate of drug-likeness (QED) is 0.677. The summed E-state index contributed by atoms with van der Waals surface area (Å²) in [5.41, 5.74) is 2.27. The van der Waals surface area contributed by atoms with Gasteiger partial charge in [-0.15, -0.1) is 0 Å². The van der Waals surface area contributed by atoms with Gasteiger partial charge < -0.3 is 5.32 Å². The van der Waals surface area contributed by atoms with E-state index in [1.807, 2.05) is 19.1 Å². The summed E-state index contributed by atoms with van der Waals surface area (Å²) < 4.78 is 0. The summed E-state index contributed by atoms with van der Waals surface area (Å²) in [5.74, 6) is 0. The van der Waals surface area contributed by atoms with Gasteiger partial charge in [0.1, 0.15) is 0 Å². The Morgan fingerprint density at radius 2 is 2.00 bits per heavy atom. The van der Waals surface area contributed by atoms with E-state index in [2.05, 4.69) is 11.4 Å². The molecular weight excluding hydrogens is 254 g/mol. The minimum atomic E-state index is -0.424. The van der Waals surface area contributed by atoms with E-state index in [-0.39, 0.29) is 11.7 Å². The molecule has 1 N–H and O–H groups in total. The van der Waals surface area contributed by atoms with Crippen molar-refractivity contribution in [3.63, 3.8) is 0 Å². The Bertz CT molecular complexity index is 677. The van der Waals surface area contributed by atoms with Crippen LogP contribution in [0.3, 0.4) is 0 Å². The van der Waals surface area contributed by atoms with Crippen LogP contribution in [-0.2, 0) is 0 Å². The molecule has 0 bridgehead atoms. The van der Waals surface area contributed by atoms with Gasteiger partial charge in [0.25, 0.3) is 5.69 Å². The molecule has 0 aliphatic rings. The summed E-state index contributed by atoms with van der Waals surface area (Å²) in [6.45, 7) is 1.94. The second-order valence-corrected chi connectivity index (χ2v) is 4.41. The Balaban J connectivity index is 2.19. The normalized spacial score (nSPS) is 11.4. The number of nitro benzene ring substituents is 1. The van der Waals surface area contributed by atoms with Crippen LogP contribution in [0.1, 0.15) is 24.1 Å². The first kappa shape index (κ1) is 13.6. The van der Waals surface area contributed by atoms with Crippen molar-refractivity contribution in [2.75, 3.05) is 5.32 Å². The molecule has 0 spiro atoms. The van der Waals surface area contributed by atoms with E-state index in [0.717, 1.165) is 5.56 Å². The van der Waals surface area contributed by atoms with Crippen LogP contribution < -0.4 is 5.32 Å². The maximum absolute atomic E-state index is 10.7. The van der Waals surface area contributed by atoms with Crippen molar-refractivity contribution in [1.82, 2.24) is 0 Å². The van der Waals surface area contributed by atoms with Gasteiger partial charge in [-0.2, -0.15) is 5.26 Å². The number of nitrogens with zero attached hydrogens (tertiary/aromatic N) is 2. The summed E-state index contributed by atoms with van der Waals surface area (Å²) in [6, 6.07) is 15.7. The molecule has 0 heterocycles. The van der Waals surface area contributed by atoms with Crippen molar-refractivity contribution in [2.24, 2.45) is 0 Å². The van der Waals surface area contributed by atoms with Gasteiger partial charge in [0.2, 0.25) is 0 Å². The molecule has 1 unspecified atom stereocenters. The van der Waals surface area contributed by atoms with E-state index in [0.29, 0.717) is 11.3 Å². The fourth-order valence-electron chi connectivity index (χ4n) is 1.92. The number of nitro groups is 1. The average Bonchev–Trinajstić information content (AvgIpc) is 2.47. The van der Waals surface area contributed by atoms with E-state index < -0.39 is 4.92 Å². The van der Waals surface area contributed by atoms with Gasteiger partial charge in [0.05, 0.1) is 16.6 Å². The van der Waals surface area contributed by atoms with Crippen molar-refractivity contribution >= 4 is 11.4 Å². The fourth-order valence-corrected chi connectivity index (χ4v) is 1.92. The zero-order chi connectivity index (χ0) is 14.5. The van der Waals surface area contributed by atoms with Crippen LogP contribution >= 0.6 is 0 Å². The molecule has 0 aliphatic carbocycles. The molecule has 0 aliphatic heterocycles. The number of anilines is 1. The van der Waals surface area contributed by atoms with Crippen LogP contribution in [0.15, 0.2) is 48.5 Å². The van der Waals surface area contributed by atoms with Gasteiger partial charge in [-0.25, -0.2) is 0 Å². The van der Waals surface area contributed by atoms with Gasteiger partial charge in [0, 0.05) is 23.9 Å². The van der Waals surface area contributed by atoms with Gasteiger partial charge in [-0.05, 0) is 30.7 Å². The third-order valence-corrected chi connectivity index (χ3v) is 2.96. The number of rotatable bonds is 4. The molecule has 0 aromatic heterocycles. The first-order valence-corrected chi connectivity index (χ1v) is 6.11. The first-order chi connectivity index (χ1) is 9.60. The molecule has 0 amide bonds. The predicted molar refractivity (Wildman–Crippen MR) is 76.3 cm³/mol. The number of hydrogen-bond acceptors (Lipinski definition) is 4. The second-order valence-electron chi connectivity index (χ2n) is 4.41. The molecule has 20 heavy (non-hydrogen) atoms. The van der Waals surface area contributed by atoms with Gasteiger partial charge >= 0.3 is 0 Å². The maximum Gasteiger partial charge on any atom is 0.271 e. The highest BCUT2D eigenvalue weighted by atomic mass is 16.6. The molecule has 5 heteroatoms. The monoisotopic (exact) mass is 267 g/mol. The van der Waals surface area contributed by atoms with E-state index >= 15 is 0 Å². The third kappa shape index (κ3) is 3.12. The van der Waals surface area contributed by atoms with Crippen molar-refractivity contribution in [3.05, 3.63) is 69.8 Å². The number of benzene rings is 2. The van der Waals surface area contributed by atoms with Crippen LogP contribution in [0, 0.1) is 21.4 Å². The van der Waals surface area contributed by atoms with Crippen LogP contribution in [0.2, 0.25) is 0 Å². The molecule has 0 fully saturated rings. The molecule has 1 atom stereocenters. The van der Waals surface area contributed by atoms with E-state index in [9.17, 15) is 10.1 Å². The summed E-state index contributed by atoms with van der Waals surface area (Å²) in [4.78, 5) is 10.3. The first-order valence-electron chi connectivity index (χ1n) is 6.11. The van der Waals surface area contributed by atoms with Crippen molar-refractivity contribution in [3.8, 4) is 6.07 Å². The third-order valence-electron chi connectivity index (χ3n) is 2.96. The summed E-state index contributed by atoms with van der Waals surface area (Å²) >= 11 is 0. The zero-order valence-corrected chi connectivity index (χ0v) is 10.9. The molecular formula is C15H13N3O2. The standard InChI is InChI=1S/C15H13N3O2/c1-11(13-5-2-4-12(8-13)10-16)17-14-6-3-7-15(9-14)18(19)20/h2-9,11,17H,1H3. The minimum absolute atomic E-state index is 0.0491. The SMILES string of the molecule is CC(Nc1cccc([N+](=O)[O-])c1)c1cccc(C#N)c1. The summed E-state index contributed by atoms with van der Waals surface area (Å²) in [7, 11) is 0. The fraction of sp³-hybridized carbons (Fsp3) is 0.133. The lowest BCUT2D eigenvalue weighted by Gasteiger charge is -2.15. The molecule has 0 saturated heterocycles. The molecule has 0 radical (unpaired) electrons. The molecule has 2 aromatic rings. The number of nitriles is 1. The topological polar surface area (TPSA) is 79.0 Å². The van der Waals surface area contributed by atoms with Gasteiger partial charge in [-0.3, -0.25) is 10.1 Å². The number of hydrogen-bond donors (Lipinski definition) is 1. The van der Waals surface area contributed by atoms with Crippen LogP contribution in [0.25, 0.3) is 0 Å². The highest BCUT2D eigenvalue weighted by Crippen LogP contribution is 2.23. The second kappa shape index (κ2) is 5.85. The Hall–Kier alpha value is -2.87. The molecule has 5 nitrogen and oxygen atoms in total. The highest BCUT2D eigenvalue weighted by Gasteiger charge is 2.09. The van der Waals surface area contributed by atoms with Crippen LogP contribution in [0.4, 0.5) is 11.4 Å². The van der Waals surface area contributed by atoms with Crippen LogP contribution in [-0.4, -0.2) is 4.92 Å². The maximum atomic E-state index is 10.7. The Kier molecular flexibility index (Phi) is 3.96. The molecule has 100 valence electrons. The van der Waals surface area contributed by atoms with Crippen molar-refractivity contribution in [2.45, 2.75) is 13.0 Å². The Morgan fingerprint density at radius 1 is 1.25 bits per heavy atom. The van der Waals surface area contributed by atoms with Crippen LogP contribution in [0.5, 0.6) is 0 Å². The Morgan fingerprint density at radius 3 is 2.70 bits per heavy atom. The van der Waals surface area contributed by atoms with Crippen molar-refractivity contribution in [1.29, 1.82) is 5.26 Å².